The fraction of sp³-hybridized carbons (Fsp3) is 0.0870. The van der Waals surface area contributed by atoms with Gasteiger partial charge in [0.1, 0.15) is 12.4 Å². The van der Waals surface area contributed by atoms with Crippen LogP contribution in [-0.4, -0.2) is 12.0 Å². The molecule has 0 aliphatic carbocycles. The molecular formula is C23H16FIN2O4. The molecule has 3 aromatic carbocycles. The van der Waals surface area contributed by atoms with E-state index < -0.39 is 10.7 Å². The van der Waals surface area contributed by atoms with Crippen molar-refractivity contribution in [3.63, 3.8) is 0 Å². The first kappa shape index (κ1) is 22.2. The normalized spacial score (nSPS) is 11.0. The third kappa shape index (κ3) is 5.38. The number of hydrogen-bond acceptors (Lipinski definition) is 5. The summed E-state index contributed by atoms with van der Waals surface area (Å²) in [6, 6.07) is 17.8. The van der Waals surface area contributed by atoms with Gasteiger partial charge < -0.3 is 9.47 Å². The van der Waals surface area contributed by atoms with Crippen LogP contribution in [0.4, 0.5) is 10.1 Å². The highest BCUT2D eigenvalue weighted by Gasteiger charge is 2.14. The first-order valence-electron chi connectivity index (χ1n) is 9.03. The lowest BCUT2D eigenvalue weighted by atomic mass is 10.0. The largest absolute Gasteiger partial charge is 0.493 e. The minimum absolute atomic E-state index is 0.0135. The predicted molar refractivity (Wildman–Crippen MR) is 123 cm³/mol. The quantitative estimate of drug-likeness (QED) is 0.123. The molecule has 0 spiro atoms. The van der Waals surface area contributed by atoms with Crippen LogP contribution in [0.2, 0.25) is 0 Å². The van der Waals surface area contributed by atoms with Crippen LogP contribution in [0.3, 0.4) is 0 Å². The molecule has 8 heteroatoms. The Morgan fingerprint density at radius 1 is 1.23 bits per heavy atom. The second-order valence-electron chi connectivity index (χ2n) is 6.40. The molecular weight excluding hydrogens is 514 g/mol. The van der Waals surface area contributed by atoms with Crippen molar-refractivity contribution in [3.8, 4) is 17.6 Å². The maximum absolute atomic E-state index is 14.1. The van der Waals surface area contributed by atoms with Crippen LogP contribution in [0.1, 0.15) is 16.7 Å². The van der Waals surface area contributed by atoms with Gasteiger partial charge in [0.25, 0.3) is 5.69 Å². The number of ether oxygens (including phenoxy) is 2. The Morgan fingerprint density at radius 2 is 2.00 bits per heavy atom. The van der Waals surface area contributed by atoms with E-state index in [1.807, 2.05) is 6.07 Å². The Labute approximate surface area is 191 Å². The van der Waals surface area contributed by atoms with Gasteiger partial charge in [-0.2, -0.15) is 5.26 Å². The van der Waals surface area contributed by atoms with E-state index in [0.29, 0.717) is 26.2 Å². The molecule has 156 valence electrons. The molecule has 0 aliphatic heterocycles. The number of methoxy groups -OCH3 is 1. The molecule has 3 aromatic rings. The fourth-order valence-corrected chi connectivity index (χ4v) is 3.68. The van der Waals surface area contributed by atoms with Gasteiger partial charge in [-0.1, -0.05) is 30.3 Å². The van der Waals surface area contributed by atoms with Crippen molar-refractivity contribution in [2.24, 2.45) is 0 Å². The van der Waals surface area contributed by atoms with Crippen LogP contribution >= 0.6 is 22.6 Å². The molecule has 6 nitrogen and oxygen atoms in total. The zero-order chi connectivity index (χ0) is 22.4. The molecule has 0 aromatic heterocycles. The molecule has 0 amide bonds. The van der Waals surface area contributed by atoms with Gasteiger partial charge in [0.2, 0.25) is 0 Å². The smallest absolute Gasteiger partial charge is 0.269 e. The van der Waals surface area contributed by atoms with Crippen molar-refractivity contribution < 1.29 is 18.8 Å². The highest BCUT2D eigenvalue weighted by Crippen LogP contribution is 2.36. The molecule has 0 unspecified atom stereocenters. The van der Waals surface area contributed by atoms with Crippen molar-refractivity contribution in [2.75, 3.05) is 7.11 Å². The van der Waals surface area contributed by atoms with Crippen molar-refractivity contribution in [1.82, 2.24) is 0 Å². The van der Waals surface area contributed by atoms with Gasteiger partial charge in [-0.25, -0.2) is 4.39 Å². The van der Waals surface area contributed by atoms with Crippen LogP contribution in [0.25, 0.3) is 11.6 Å². The second-order valence-corrected chi connectivity index (χ2v) is 7.56. The standard InChI is InChI=1S/C23H16FIN2O4/c1-30-22-12-16(9-17(13-26)19-7-2-3-8-20(19)24)11-21(25)23(22)31-14-15-5-4-6-18(10-15)27(28)29/h2-12H,14H2,1H3/b17-9-. The van der Waals surface area contributed by atoms with Crippen LogP contribution in [0, 0.1) is 30.8 Å². The van der Waals surface area contributed by atoms with Crippen molar-refractivity contribution in [3.05, 3.63) is 96.9 Å². The van der Waals surface area contributed by atoms with E-state index in [-0.39, 0.29) is 23.4 Å². The van der Waals surface area contributed by atoms with Crippen molar-refractivity contribution >= 4 is 39.9 Å². The minimum Gasteiger partial charge on any atom is -0.493 e. The van der Waals surface area contributed by atoms with Crippen LogP contribution < -0.4 is 9.47 Å². The molecule has 0 bridgehead atoms. The number of benzene rings is 3. The molecule has 0 saturated heterocycles. The van der Waals surface area contributed by atoms with E-state index in [2.05, 4.69) is 22.6 Å². The first-order valence-corrected chi connectivity index (χ1v) is 10.1. The van der Waals surface area contributed by atoms with Gasteiger partial charge in [0, 0.05) is 17.7 Å². The van der Waals surface area contributed by atoms with E-state index in [4.69, 9.17) is 9.47 Å². The van der Waals surface area contributed by atoms with Gasteiger partial charge in [0.05, 0.1) is 27.2 Å². The van der Waals surface area contributed by atoms with E-state index >= 15 is 0 Å². The number of rotatable bonds is 7. The summed E-state index contributed by atoms with van der Waals surface area (Å²) in [6.07, 6.45) is 1.58. The highest BCUT2D eigenvalue weighted by atomic mass is 127. The Kier molecular flexibility index (Phi) is 7.20. The molecule has 0 aliphatic rings. The number of nitro benzene ring substituents is 1. The average molecular weight is 530 g/mol. The number of hydrogen-bond donors (Lipinski definition) is 0. The fourth-order valence-electron chi connectivity index (χ4n) is 2.90. The zero-order valence-electron chi connectivity index (χ0n) is 16.3. The molecule has 0 atom stereocenters. The lowest BCUT2D eigenvalue weighted by Gasteiger charge is -2.14. The molecule has 0 radical (unpaired) electrons. The number of nitrogens with zero attached hydrogens (tertiary/aromatic N) is 2. The topological polar surface area (TPSA) is 85.4 Å². The van der Waals surface area contributed by atoms with Crippen LogP contribution in [-0.2, 0) is 6.61 Å². The third-order valence-corrected chi connectivity index (χ3v) is 5.15. The maximum atomic E-state index is 14.1. The van der Waals surface area contributed by atoms with Gasteiger partial charge >= 0.3 is 0 Å². The number of nitriles is 1. The molecule has 0 N–H and O–H groups in total. The summed E-state index contributed by atoms with van der Waals surface area (Å²) in [7, 11) is 1.49. The van der Waals surface area contributed by atoms with Gasteiger partial charge in [-0.05, 0) is 58.0 Å². The predicted octanol–water partition coefficient (Wildman–Crippen LogP) is 5.99. The monoisotopic (exact) mass is 530 g/mol. The average Bonchev–Trinajstić information content (AvgIpc) is 2.77. The zero-order valence-corrected chi connectivity index (χ0v) is 18.5. The molecule has 3 rings (SSSR count). The number of allylic oxidation sites excluding steroid dienone is 1. The summed E-state index contributed by atoms with van der Waals surface area (Å²) in [6.45, 7) is 0.113. The van der Waals surface area contributed by atoms with E-state index in [9.17, 15) is 19.8 Å². The lowest BCUT2D eigenvalue weighted by Crippen LogP contribution is -2.01. The molecule has 0 fully saturated rings. The summed E-state index contributed by atoms with van der Waals surface area (Å²) in [4.78, 5) is 10.5. The minimum atomic E-state index is -0.478. The van der Waals surface area contributed by atoms with Gasteiger partial charge in [0.15, 0.2) is 11.5 Å². The summed E-state index contributed by atoms with van der Waals surface area (Å²) >= 11 is 2.08. The first-order chi connectivity index (χ1) is 14.9. The number of non-ortho nitro benzene ring substituents is 1. The van der Waals surface area contributed by atoms with Crippen LogP contribution in [0.15, 0.2) is 60.7 Å². The highest BCUT2D eigenvalue weighted by molar-refractivity contribution is 14.1. The van der Waals surface area contributed by atoms with Crippen molar-refractivity contribution in [1.29, 1.82) is 5.26 Å². The summed E-state index contributed by atoms with van der Waals surface area (Å²) in [5, 5.41) is 20.4. The second kappa shape index (κ2) is 10.0. The Hall–Kier alpha value is -3.45. The number of nitro groups is 1. The van der Waals surface area contributed by atoms with Gasteiger partial charge in [-0.15, -0.1) is 0 Å². The Balaban J connectivity index is 1.90. The number of halogens is 2. The summed E-state index contributed by atoms with van der Waals surface area (Å²) in [5.74, 6) is 0.416. The molecule has 0 saturated carbocycles. The van der Waals surface area contributed by atoms with E-state index in [0.717, 1.165) is 0 Å². The Bertz CT molecular complexity index is 1200. The molecule has 0 heterocycles. The van der Waals surface area contributed by atoms with Crippen LogP contribution in [0.5, 0.6) is 11.5 Å². The molecule has 31 heavy (non-hydrogen) atoms. The SMILES string of the molecule is COc1cc(/C=C(/C#N)c2ccccc2F)cc(I)c1OCc1cccc([N+](=O)[O-])c1. The third-order valence-electron chi connectivity index (χ3n) is 4.35. The van der Waals surface area contributed by atoms with E-state index in [1.165, 1.54) is 25.3 Å². The van der Waals surface area contributed by atoms with E-state index in [1.54, 1.807) is 48.5 Å². The summed E-state index contributed by atoms with van der Waals surface area (Å²) < 4.78 is 26.1. The maximum Gasteiger partial charge on any atom is 0.269 e. The van der Waals surface area contributed by atoms with Gasteiger partial charge in [-0.3, -0.25) is 10.1 Å². The lowest BCUT2D eigenvalue weighted by molar-refractivity contribution is -0.384. The van der Waals surface area contributed by atoms with Crippen molar-refractivity contribution in [2.45, 2.75) is 6.61 Å². The summed E-state index contributed by atoms with van der Waals surface area (Å²) in [5.41, 5.74) is 1.66. The Morgan fingerprint density at radius 3 is 2.68 bits per heavy atom.